The van der Waals surface area contributed by atoms with Crippen molar-refractivity contribution in [1.29, 1.82) is 0 Å². The maximum absolute atomic E-state index is 13.4. The largest absolute Gasteiger partial charge is 0.478 e. The number of hydrogen-bond acceptors (Lipinski definition) is 4. The van der Waals surface area contributed by atoms with Crippen LogP contribution in [0.15, 0.2) is 47.4 Å². The van der Waals surface area contributed by atoms with Crippen molar-refractivity contribution in [3.05, 3.63) is 59.2 Å². The summed E-state index contributed by atoms with van der Waals surface area (Å²) in [5, 5.41) is 9.22. The van der Waals surface area contributed by atoms with Crippen molar-refractivity contribution >= 4 is 27.6 Å². The Morgan fingerprint density at radius 3 is 2.54 bits per heavy atom. The minimum atomic E-state index is -4.18. The Hall–Kier alpha value is -2.87. The average molecular weight is 374 g/mol. The molecule has 0 aromatic heterocycles. The first-order valence-corrected chi connectivity index (χ1v) is 9.49. The number of para-hydroxylation sites is 1. The summed E-state index contributed by atoms with van der Waals surface area (Å²) >= 11 is 0. The predicted octanol–water partition coefficient (Wildman–Crippen LogP) is 1.55. The van der Waals surface area contributed by atoms with Gasteiger partial charge in [0.25, 0.3) is 10.0 Å². The lowest BCUT2D eigenvalue weighted by atomic mass is 10.1. The highest BCUT2D eigenvalue weighted by atomic mass is 32.2. The average Bonchev–Trinajstić information content (AvgIpc) is 3.01. The second-order valence-corrected chi connectivity index (χ2v) is 7.82. The highest BCUT2D eigenvalue weighted by molar-refractivity contribution is 7.93. The third kappa shape index (κ3) is 2.82. The van der Waals surface area contributed by atoms with Crippen molar-refractivity contribution in [2.75, 3.05) is 4.31 Å². The van der Waals surface area contributed by atoms with E-state index in [1.165, 1.54) is 12.1 Å². The van der Waals surface area contributed by atoms with E-state index >= 15 is 0 Å². The molecule has 0 aliphatic carbocycles. The zero-order valence-electron chi connectivity index (χ0n) is 14.0. The van der Waals surface area contributed by atoms with Gasteiger partial charge >= 0.3 is 5.97 Å². The quantitative estimate of drug-likeness (QED) is 0.823. The Bertz CT molecular complexity index is 1000. The summed E-state index contributed by atoms with van der Waals surface area (Å²) in [6.07, 6.45) is 0.579. The molecule has 0 saturated carbocycles. The molecule has 1 heterocycles. The number of aryl methyl sites for hydroxylation is 1. The van der Waals surface area contributed by atoms with Gasteiger partial charge in [0.1, 0.15) is 6.04 Å². The molecule has 0 bridgehead atoms. The number of sulfonamides is 1. The van der Waals surface area contributed by atoms with Gasteiger partial charge in [-0.05, 0) is 35.7 Å². The molecule has 0 saturated heterocycles. The molecule has 0 unspecified atom stereocenters. The third-order valence-corrected chi connectivity index (χ3v) is 6.39. The fourth-order valence-electron chi connectivity index (χ4n) is 3.20. The Morgan fingerprint density at radius 1 is 1.23 bits per heavy atom. The Balaban J connectivity index is 2.23. The molecule has 136 valence electrons. The van der Waals surface area contributed by atoms with E-state index in [1.54, 1.807) is 31.2 Å². The normalized spacial score (nSPS) is 16.3. The van der Waals surface area contributed by atoms with Crippen LogP contribution in [0.1, 0.15) is 28.4 Å². The molecule has 2 aromatic rings. The molecule has 3 rings (SSSR count). The number of nitrogens with zero attached hydrogens (tertiary/aromatic N) is 1. The maximum Gasteiger partial charge on any atom is 0.335 e. The number of nitrogens with two attached hydrogens (primary N) is 1. The molecule has 0 spiro atoms. The minimum absolute atomic E-state index is 0.122. The predicted molar refractivity (Wildman–Crippen MR) is 95.6 cm³/mol. The topological polar surface area (TPSA) is 118 Å². The van der Waals surface area contributed by atoms with Crippen molar-refractivity contribution in [3.8, 4) is 0 Å². The number of carbonyl (C=O) groups excluding carboxylic acids is 1. The van der Waals surface area contributed by atoms with Crippen LogP contribution in [0.5, 0.6) is 0 Å². The van der Waals surface area contributed by atoms with Gasteiger partial charge in [-0.2, -0.15) is 0 Å². The van der Waals surface area contributed by atoms with Crippen LogP contribution in [0.3, 0.4) is 0 Å². The van der Waals surface area contributed by atoms with Gasteiger partial charge in [-0.25, -0.2) is 13.2 Å². The molecule has 2 aromatic carbocycles. The number of amides is 1. The second-order valence-electron chi connectivity index (χ2n) is 6.03. The van der Waals surface area contributed by atoms with Crippen molar-refractivity contribution in [2.45, 2.75) is 30.7 Å². The van der Waals surface area contributed by atoms with Crippen LogP contribution in [-0.4, -0.2) is 31.4 Å². The zero-order valence-corrected chi connectivity index (χ0v) is 14.9. The van der Waals surface area contributed by atoms with Crippen LogP contribution in [0, 0.1) is 0 Å². The summed E-state index contributed by atoms with van der Waals surface area (Å²) < 4.78 is 27.8. The van der Waals surface area contributed by atoms with Gasteiger partial charge in [0, 0.05) is 6.42 Å². The van der Waals surface area contributed by atoms with E-state index in [4.69, 9.17) is 5.73 Å². The third-order valence-electron chi connectivity index (χ3n) is 4.49. The van der Waals surface area contributed by atoms with Crippen LogP contribution in [-0.2, 0) is 27.7 Å². The van der Waals surface area contributed by atoms with Crippen molar-refractivity contribution in [2.24, 2.45) is 5.73 Å². The molecule has 1 aliphatic rings. The first kappa shape index (κ1) is 17.9. The Labute approximate surface area is 151 Å². The molecule has 0 radical (unpaired) electrons. The van der Waals surface area contributed by atoms with E-state index in [-0.39, 0.29) is 16.9 Å². The number of fused-ring (bicyclic) bond motifs is 1. The first-order chi connectivity index (χ1) is 12.3. The highest BCUT2D eigenvalue weighted by Crippen LogP contribution is 2.37. The van der Waals surface area contributed by atoms with Gasteiger partial charge in [0.05, 0.1) is 16.1 Å². The lowest BCUT2D eigenvalue weighted by molar-refractivity contribution is -0.118. The number of rotatable bonds is 5. The maximum atomic E-state index is 13.4. The van der Waals surface area contributed by atoms with Gasteiger partial charge in [-0.1, -0.05) is 31.2 Å². The smallest absolute Gasteiger partial charge is 0.335 e. The van der Waals surface area contributed by atoms with Gasteiger partial charge in [-0.15, -0.1) is 0 Å². The summed E-state index contributed by atoms with van der Waals surface area (Å²) in [6.45, 7) is 1.78. The molecule has 3 N–H and O–H groups in total. The van der Waals surface area contributed by atoms with E-state index in [0.717, 1.165) is 10.4 Å². The molecule has 1 aliphatic heterocycles. The van der Waals surface area contributed by atoms with Crippen molar-refractivity contribution in [1.82, 2.24) is 0 Å². The molecule has 26 heavy (non-hydrogen) atoms. The second kappa shape index (κ2) is 6.45. The van der Waals surface area contributed by atoms with E-state index < -0.39 is 27.9 Å². The summed E-state index contributed by atoms with van der Waals surface area (Å²) in [5.41, 5.74) is 6.88. The first-order valence-electron chi connectivity index (χ1n) is 8.05. The molecular weight excluding hydrogens is 356 g/mol. The van der Waals surface area contributed by atoms with Gasteiger partial charge in [0.2, 0.25) is 5.91 Å². The van der Waals surface area contributed by atoms with E-state index in [1.807, 2.05) is 0 Å². The highest BCUT2D eigenvalue weighted by Gasteiger charge is 2.42. The van der Waals surface area contributed by atoms with E-state index in [2.05, 4.69) is 0 Å². The molecule has 8 heteroatoms. The molecule has 7 nitrogen and oxygen atoms in total. The summed E-state index contributed by atoms with van der Waals surface area (Å²) in [4.78, 5) is 23.1. The van der Waals surface area contributed by atoms with Crippen LogP contribution >= 0.6 is 0 Å². The number of primary amides is 1. The monoisotopic (exact) mass is 374 g/mol. The summed E-state index contributed by atoms with van der Waals surface area (Å²) in [6, 6.07) is 9.74. The molecule has 1 atom stereocenters. The number of carbonyl (C=O) groups is 2. The lowest BCUT2D eigenvalue weighted by Crippen LogP contribution is -2.46. The fourth-order valence-corrected chi connectivity index (χ4v) is 5.18. The van der Waals surface area contributed by atoms with Gasteiger partial charge in [-0.3, -0.25) is 9.10 Å². The number of hydrogen-bond donors (Lipinski definition) is 2. The van der Waals surface area contributed by atoms with Crippen molar-refractivity contribution in [3.63, 3.8) is 0 Å². The molecule has 0 fully saturated rings. The number of aromatic carboxylic acids is 1. The minimum Gasteiger partial charge on any atom is -0.478 e. The Kier molecular flexibility index (Phi) is 4.45. The number of carboxylic acid groups (broad SMARTS) is 1. The SMILES string of the molecule is CCc1ccc(C(=O)O)cc1S(=O)(=O)N1c2ccccc2C[C@H]1C(N)=O. The number of anilines is 1. The van der Waals surface area contributed by atoms with Crippen molar-refractivity contribution < 1.29 is 23.1 Å². The fraction of sp³-hybridized carbons (Fsp3) is 0.222. The molecular formula is C18H18N2O5S. The lowest BCUT2D eigenvalue weighted by Gasteiger charge is -2.26. The number of carboxylic acids is 1. The zero-order chi connectivity index (χ0) is 19.1. The van der Waals surface area contributed by atoms with Gasteiger partial charge in [0.15, 0.2) is 0 Å². The van der Waals surface area contributed by atoms with Crippen LogP contribution in [0.2, 0.25) is 0 Å². The van der Waals surface area contributed by atoms with E-state index in [0.29, 0.717) is 23.2 Å². The van der Waals surface area contributed by atoms with Gasteiger partial charge < -0.3 is 10.8 Å². The van der Waals surface area contributed by atoms with Crippen LogP contribution in [0.25, 0.3) is 0 Å². The summed E-state index contributed by atoms with van der Waals surface area (Å²) in [5.74, 6) is -1.98. The van der Waals surface area contributed by atoms with Crippen LogP contribution < -0.4 is 10.0 Å². The van der Waals surface area contributed by atoms with E-state index in [9.17, 15) is 23.1 Å². The molecule has 1 amide bonds. The summed E-state index contributed by atoms with van der Waals surface area (Å²) in [7, 11) is -4.18. The number of benzene rings is 2. The van der Waals surface area contributed by atoms with Crippen LogP contribution in [0.4, 0.5) is 5.69 Å². The Morgan fingerprint density at radius 2 is 1.92 bits per heavy atom. The standard InChI is InChI=1S/C18H18N2O5S/c1-2-11-7-8-13(18(22)23)10-16(11)26(24,25)20-14-6-4-3-5-12(14)9-15(20)17(19)21/h3-8,10,15H,2,9H2,1H3,(H2,19,21)(H,22,23)/t15-/m0/s1.